The summed E-state index contributed by atoms with van der Waals surface area (Å²) in [5.74, 6) is -1.16. The number of fused-ring (bicyclic) bond motifs is 1. The minimum Gasteiger partial charge on any atom is -0.465 e. The number of carbonyl (C=O) groups excluding carboxylic acids is 2. The molecule has 3 amide bonds. The third-order valence-electron chi connectivity index (χ3n) is 5.44. The lowest BCUT2D eigenvalue weighted by Gasteiger charge is -2.16. The molecule has 2 aromatic heterocycles. The molecule has 0 aliphatic heterocycles. The molecule has 0 fully saturated rings. The number of carbonyl (C=O) groups is 3. The van der Waals surface area contributed by atoms with Crippen LogP contribution in [0.15, 0.2) is 53.5 Å². The quantitative estimate of drug-likeness (QED) is 0.237. The number of halogens is 3. The van der Waals surface area contributed by atoms with Gasteiger partial charge in [0.2, 0.25) is 11.8 Å². The summed E-state index contributed by atoms with van der Waals surface area (Å²) in [6.45, 7) is -0.0648. The van der Waals surface area contributed by atoms with Crippen LogP contribution in [0.5, 0.6) is 0 Å². The number of amides is 3. The molecule has 6 N–H and O–H groups in total. The molecule has 2 heterocycles. The molecule has 11 nitrogen and oxygen atoms in total. The van der Waals surface area contributed by atoms with Crippen LogP contribution in [-0.2, 0) is 22.6 Å². The van der Waals surface area contributed by atoms with Crippen molar-refractivity contribution in [3.8, 4) is 0 Å². The highest BCUT2D eigenvalue weighted by Gasteiger charge is 2.27. The van der Waals surface area contributed by atoms with Crippen LogP contribution >= 0.6 is 0 Å². The number of anilines is 1. The Morgan fingerprint density at radius 1 is 1.21 bits per heavy atom. The highest BCUT2D eigenvalue weighted by atomic mass is 19.4. The normalized spacial score (nSPS) is 12.5. The van der Waals surface area contributed by atoms with Gasteiger partial charge in [0.25, 0.3) is 5.56 Å². The molecule has 3 aromatic rings. The molecule has 0 bridgehead atoms. The molecule has 0 radical (unpaired) electrons. The number of rotatable bonds is 11. The van der Waals surface area contributed by atoms with Crippen molar-refractivity contribution in [2.75, 3.05) is 5.32 Å². The summed E-state index contributed by atoms with van der Waals surface area (Å²) in [4.78, 5) is 54.9. The van der Waals surface area contributed by atoms with Crippen LogP contribution in [0, 0.1) is 0 Å². The first-order valence-corrected chi connectivity index (χ1v) is 11.4. The number of H-pyrrole nitrogens is 1. The second-order valence-corrected chi connectivity index (χ2v) is 8.34. The molecule has 14 heteroatoms. The number of aromatic amines is 1. The van der Waals surface area contributed by atoms with E-state index < -0.39 is 42.1 Å². The number of aryl methyl sites for hydroxylation is 1. The number of nitrogens with two attached hydrogens (primary N) is 1. The number of primary amides is 1. The summed E-state index contributed by atoms with van der Waals surface area (Å²) in [5.41, 5.74) is 5.57. The van der Waals surface area contributed by atoms with Crippen molar-refractivity contribution >= 4 is 34.6 Å². The maximum absolute atomic E-state index is 13.0. The van der Waals surface area contributed by atoms with Crippen LogP contribution in [0.1, 0.15) is 30.7 Å². The minimum absolute atomic E-state index is 0.00139. The molecule has 38 heavy (non-hydrogen) atoms. The van der Waals surface area contributed by atoms with Gasteiger partial charge in [-0.1, -0.05) is 18.2 Å². The molecule has 202 valence electrons. The van der Waals surface area contributed by atoms with Crippen molar-refractivity contribution in [2.24, 2.45) is 5.73 Å². The number of aromatic nitrogens is 3. The number of alkyl halides is 3. The van der Waals surface area contributed by atoms with Gasteiger partial charge in [-0.05, 0) is 49.1 Å². The molecule has 0 aliphatic rings. The van der Waals surface area contributed by atoms with Gasteiger partial charge >= 0.3 is 12.3 Å². The first-order chi connectivity index (χ1) is 17.9. The molecule has 1 aromatic carbocycles. The number of carboxylic acid groups (broad SMARTS) is 1. The summed E-state index contributed by atoms with van der Waals surface area (Å²) in [6.07, 6.45) is -2.90. The molecular formula is C24H25F3N6O5. The molecule has 0 saturated carbocycles. The van der Waals surface area contributed by atoms with Gasteiger partial charge in [0.05, 0.1) is 17.6 Å². The van der Waals surface area contributed by atoms with E-state index in [-0.39, 0.29) is 31.5 Å². The van der Waals surface area contributed by atoms with Crippen molar-refractivity contribution in [1.82, 2.24) is 19.9 Å². The summed E-state index contributed by atoms with van der Waals surface area (Å²) >= 11 is 0. The Morgan fingerprint density at radius 2 is 1.97 bits per heavy atom. The maximum Gasteiger partial charge on any atom is 0.405 e. The van der Waals surface area contributed by atoms with Gasteiger partial charge in [0, 0.05) is 12.6 Å². The SMILES string of the molecule is NC(=O)/C=C/CCC(NC(=O)O)C(=O)Nc1cccn(Cc2nc3c(CCC(F)(F)F)cccc3[nH]2)c1=O. The first-order valence-electron chi connectivity index (χ1n) is 11.4. The van der Waals surface area contributed by atoms with E-state index in [1.54, 1.807) is 18.2 Å². The van der Waals surface area contributed by atoms with Crippen LogP contribution in [0.4, 0.5) is 23.7 Å². The summed E-state index contributed by atoms with van der Waals surface area (Å²) in [6, 6.07) is 6.45. The van der Waals surface area contributed by atoms with Gasteiger partial charge in [-0.25, -0.2) is 9.78 Å². The Balaban J connectivity index is 1.76. The van der Waals surface area contributed by atoms with Crippen molar-refractivity contribution in [3.63, 3.8) is 0 Å². The lowest BCUT2D eigenvalue weighted by molar-refractivity contribution is -0.134. The van der Waals surface area contributed by atoms with Gasteiger partial charge in [-0.15, -0.1) is 0 Å². The first kappa shape index (κ1) is 28.0. The predicted octanol–water partition coefficient (Wildman–Crippen LogP) is 2.66. The van der Waals surface area contributed by atoms with E-state index in [1.807, 2.05) is 0 Å². The van der Waals surface area contributed by atoms with Crippen LogP contribution in [-0.4, -0.2) is 49.8 Å². The van der Waals surface area contributed by atoms with Crippen LogP contribution < -0.4 is 21.9 Å². The van der Waals surface area contributed by atoms with E-state index in [4.69, 9.17) is 10.8 Å². The largest absolute Gasteiger partial charge is 0.465 e. The Labute approximate surface area is 213 Å². The van der Waals surface area contributed by atoms with Crippen molar-refractivity contribution in [1.29, 1.82) is 0 Å². The molecule has 0 aliphatic carbocycles. The summed E-state index contributed by atoms with van der Waals surface area (Å²) in [7, 11) is 0. The highest BCUT2D eigenvalue weighted by molar-refractivity contribution is 5.96. The van der Waals surface area contributed by atoms with Crippen LogP contribution in [0.3, 0.4) is 0 Å². The molecule has 1 unspecified atom stereocenters. The summed E-state index contributed by atoms with van der Waals surface area (Å²) in [5, 5.41) is 13.5. The second-order valence-electron chi connectivity index (χ2n) is 8.34. The van der Waals surface area contributed by atoms with E-state index >= 15 is 0 Å². The lowest BCUT2D eigenvalue weighted by Crippen LogP contribution is -2.44. The number of imidazole rings is 1. The Kier molecular flexibility index (Phi) is 8.89. The highest BCUT2D eigenvalue weighted by Crippen LogP contribution is 2.25. The van der Waals surface area contributed by atoms with E-state index in [2.05, 4.69) is 20.6 Å². The maximum atomic E-state index is 13.0. The Morgan fingerprint density at radius 3 is 2.66 bits per heavy atom. The monoisotopic (exact) mass is 534 g/mol. The zero-order valence-electron chi connectivity index (χ0n) is 19.9. The number of pyridine rings is 1. The molecular weight excluding hydrogens is 509 g/mol. The third kappa shape index (κ3) is 7.94. The fraction of sp³-hybridized carbons (Fsp3) is 0.292. The number of nitrogens with zero attached hydrogens (tertiary/aromatic N) is 2. The van der Waals surface area contributed by atoms with Gasteiger partial charge in [-0.3, -0.25) is 14.4 Å². The minimum atomic E-state index is -4.31. The Hall–Kier alpha value is -4.62. The van der Waals surface area contributed by atoms with E-state index in [1.165, 1.54) is 29.0 Å². The van der Waals surface area contributed by atoms with E-state index in [0.717, 1.165) is 6.08 Å². The fourth-order valence-corrected chi connectivity index (χ4v) is 3.71. The molecule has 1 atom stereocenters. The zero-order chi connectivity index (χ0) is 27.9. The topological polar surface area (TPSA) is 172 Å². The third-order valence-corrected chi connectivity index (χ3v) is 5.44. The fourth-order valence-electron chi connectivity index (χ4n) is 3.71. The number of allylic oxidation sites excluding steroid dienone is 1. The van der Waals surface area contributed by atoms with E-state index in [9.17, 15) is 32.3 Å². The van der Waals surface area contributed by atoms with E-state index in [0.29, 0.717) is 22.4 Å². The zero-order valence-corrected chi connectivity index (χ0v) is 19.9. The lowest BCUT2D eigenvalue weighted by atomic mass is 10.1. The van der Waals surface area contributed by atoms with Gasteiger partial charge in [-0.2, -0.15) is 13.2 Å². The number of hydrogen-bond acceptors (Lipinski definition) is 5. The average Bonchev–Trinajstić information content (AvgIpc) is 3.24. The molecule has 0 saturated heterocycles. The van der Waals surface area contributed by atoms with Crippen molar-refractivity contribution < 1.29 is 32.7 Å². The van der Waals surface area contributed by atoms with Gasteiger partial charge in [0.15, 0.2) is 0 Å². The molecule has 0 spiro atoms. The van der Waals surface area contributed by atoms with Gasteiger partial charge < -0.3 is 31.0 Å². The Bertz CT molecular complexity index is 1410. The summed E-state index contributed by atoms with van der Waals surface area (Å²) < 4.78 is 39.3. The average molecular weight is 534 g/mol. The van der Waals surface area contributed by atoms with Crippen molar-refractivity contribution in [2.45, 2.75) is 44.4 Å². The van der Waals surface area contributed by atoms with Crippen LogP contribution in [0.25, 0.3) is 11.0 Å². The van der Waals surface area contributed by atoms with Gasteiger partial charge in [0.1, 0.15) is 17.6 Å². The second kappa shape index (κ2) is 12.1. The number of nitrogens with one attached hydrogen (secondary N) is 3. The number of benzene rings is 1. The standard InChI is InChI=1S/C24H25F3N6O5/c25-24(26,27)11-10-14-5-3-7-15-20(14)32-19(29-15)13-33-12-4-8-17(22(33)36)30-21(35)16(31-23(37)38)6-1-2-9-18(28)34/h2-5,7-9,12,16,31H,1,6,10-11,13H2,(H2,28,34)(H,29,32)(H,30,35)(H,37,38)/b9-2+. The van der Waals surface area contributed by atoms with Crippen molar-refractivity contribution in [3.05, 3.63) is 70.4 Å². The predicted molar refractivity (Wildman–Crippen MR) is 131 cm³/mol. The smallest absolute Gasteiger partial charge is 0.405 e. The van der Waals surface area contributed by atoms with Crippen LogP contribution in [0.2, 0.25) is 0 Å². The number of para-hydroxylation sites is 1. The number of hydrogen-bond donors (Lipinski definition) is 5. The molecule has 3 rings (SSSR count).